The van der Waals surface area contributed by atoms with Crippen LogP contribution in [0.3, 0.4) is 0 Å². The Kier molecular flexibility index (Phi) is 5.22. The van der Waals surface area contributed by atoms with E-state index in [2.05, 4.69) is 28.9 Å². The first-order valence-corrected chi connectivity index (χ1v) is 5.60. The van der Waals surface area contributed by atoms with Crippen molar-refractivity contribution in [2.75, 3.05) is 20.1 Å². The fraction of sp³-hybridized carbons (Fsp3) is 0.583. The predicted octanol–water partition coefficient (Wildman–Crippen LogP) is 1.79. The molecule has 0 saturated carbocycles. The van der Waals surface area contributed by atoms with E-state index in [0.29, 0.717) is 0 Å². The zero-order valence-corrected chi connectivity index (χ0v) is 10.4. The molecule has 0 aromatic carbocycles. The molecule has 1 heterocycles. The number of nitrogens with zero attached hydrogens (tertiary/aromatic N) is 2. The second-order valence-corrected chi connectivity index (χ2v) is 4.19. The van der Waals surface area contributed by atoms with Crippen LogP contribution in [0.1, 0.15) is 25.3 Å². The maximum atomic E-state index is 5.25. The van der Waals surface area contributed by atoms with Crippen molar-refractivity contribution >= 4 is 0 Å². The molecule has 0 atom stereocenters. The second kappa shape index (κ2) is 6.45. The van der Waals surface area contributed by atoms with E-state index in [0.717, 1.165) is 43.2 Å². The van der Waals surface area contributed by atoms with Crippen molar-refractivity contribution in [1.82, 2.24) is 15.4 Å². The van der Waals surface area contributed by atoms with Crippen molar-refractivity contribution in [2.24, 2.45) is 0 Å². The van der Waals surface area contributed by atoms with Gasteiger partial charge in [-0.25, -0.2) is 0 Å². The van der Waals surface area contributed by atoms with Gasteiger partial charge in [-0.3, -0.25) is 4.90 Å². The summed E-state index contributed by atoms with van der Waals surface area (Å²) in [5.41, 5.74) is 2.11. The van der Waals surface area contributed by atoms with Gasteiger partial charge in [0.25, 0.3) is 0 Å². The van der Waals surface area contributed by atoms with Crippen LogP contribution < -0.4 is 5.32 Å². The standard InChI is InChI=1S/C12H21N3O/c1-5-13-7-11-6-12(16-14-11)9-15(4)8-10(2)3/h6,13H,2,5,7-9H2,1,3-4H3. The lowest BCUT2D eigenvalue weighted by atomic mass is 10.3. The van der Waals surface area contributed by atoms with E-state index < -0.39 is 0 Å². The molecular formula is C12H21N3O. The Balaban J connectivity index is 2.42. The molecule has 0 aliphatic rings. The minimum absolute atomic E-state index is 0.768. The monoisotopic (exact) mass is 223 g/mol. The number of rotatable bonds is 7. The molecule has 1 aromatic rings. The Labute approximate surface area is 97.3 Å². The Morgan fingerprint density at radius 2 is 2.38 bits per heavy atom. The molecule has 0 fully saturated rings. The van der Waals surface area contributed by atoms with Gasteiger partial charge in [0, 0.05) is 19.2 Å². The minimum atomic E-state index is 0.768. The van der Waals surface area contributed by atoms with Crippen molar-refractivity contribution in [3.05, 3.63) is 29.7 Å². The highest BCUT2D eigenvalue weighted by molar-refractivity contribution is 5.05. The smallest absolute Gasteiger partial charge is 0.151 e. The third-order valence-corrected chi connectivity index (χ3v) is 2.13. The van der Waals surface area contributed by atoms with Crippen molar-refractivity contribution in [2.45, 2.75) is 26.9 Å². The Bertz CT molecular complexity index is 333. The average molecular weight is 223 g/mol. The van der Waals surface area contributed by atoms with E-state index in [1.54, 1.807) is 0 Å². The van der Waals surface area contributed by atoms with Crippen LogP contribution in [0, 0.1) is 0 Å². The van der Waals surface area contributed by atoms with Crippen LogP contribution in [0.2, 0.25) is 0 Å². The van der Waals surface area contributed by atoms with Crippen LogP contribution in [0.15, 0.2) is 22.7 Å². The van der Waals surface area contributed by atoms with Gasteiger partial charge in [0.15, 0.2) is 5.76 Å². The fourth-order valence-electron chi connectivity index (χ4n) is 1.55. The number of hydrogen-bond acceptors (Lipinski definition) is 4. The van der Waals surface area contributed by atoms with Crippen LogP contribution in [0.5, 0.6) is 0 Å². The molecule has 4 nitrogen and oxygen atoms in total. The summed E-state index contributed by atoms with van der Waals surface area (Å²) in [7, 11) is 2.04. The maximum absolute atomic E-state index is 5.25. The fourth-order valence-corrected chi connectivity index (χ4v) is 1.55. The van der Waals surface area contributed by atoms with Gasteiger partial charge >= 0.3 is 0 Å². The molecular weight excluding hydrogens is 202 g/mol. The zero-order chi connectivity index (χ0) is 12.0. The van der Waals surface area contributed by atoms with Crippen LogP contribution >= 0.6 is 0 Å². The highest BCUT2D eigenvalue weighted by Crippen LogP contribution is 2.07. The molecule has 0 unspecified atom stereocenters. The molecule has 0 radical (unpaired) electrons. The summed E-state index contributed by atoms with van der Waals surface area (Å²) in [5, 5.41) is 7.21. The first kappa shape index (κ1) is 12.9. The zero-order valence-electron chi connectivity index (χ0n) is 10.4. The summed E-state index contributed by atoms with van der Waals surface area (Å²) in [6.45, 7) is 11.3. The molecule has 0 amide bonds. The molecule has 4 heteroatoms. The molecule has 0 aliphatic heterocycles. The van der Waals surface area contributed by atoms with Gasteiger partial charge in [0.05, 0.1) is 12.2 Å². The summed E-state index contributed by atoms with van der Waals surface area (Å²) >= 11 is 0. The first-order valence-electron chi connectivity index (χ1n) is 5.60. The van der Waals surface area contributed by atoms with Crippen LogP contribution in [0.4, 0.5) is 0 Å². The van der Waals surface area contributed by atoms with E-state index in [-0.39, 0.29) is 0 Å². The van der Waals surface area contributed by atoms with Gasteiger partial charge in [0.2, 0.25) is 0 Å². The largest absolute Gasteiger partial charge is 0.360 e. The van der Waals surface area contributed by atoms with E-state index in [9.17, 15) is 0 Å². The molecule has 0 spiro atoms. The molecule has 0 saturated heterocycles. The van der Waals surface area contributed by atoms with Crippen molar-refractivity contribution in [3.63, 3.8) is 0 Å². The van der Waals surface area contributed by atoms with Crippen molar-refractivity contribution in [3.8, 4) is 0 Å². The van der Waals surface area contributed by atoms with Crippen LogP contribution in [-0.4, -0.2) is 30.2 Å². The third kappa shape index (κ3) is 4.59. The van der Waals surface area contributed by atoms with E-state index >= 15 is 0 Å². The predicted molar refractivity (Wildman–Crippen MR) is 65.0 cm³/mol. The second-order valence-electron chi connectivity index (χ2n) is 4.19. The molecule has 1 N–H and O–H groups in total. The van der Waals surface area contributed by atoms with Gasteiger partial charge in [-0.15, -0.1) is 0 Å². The molecule has 16 heavy (non-hydrogen) atoms. The Hall–Kier alpha value is -1.13. The minimum Gasteiger partial charge on any atom is -0.360 e. The number of aromatic nitrogens is 1. The van der Waals surface area contributed by atoms with Crippen LogP contribution in [-0.2, 0) is 13.1 Å². The van der Waals surface area contributed by atoms with Gasteiger partial charge in [-0.05, 0) is 20.5 Å². The molecule has 0 aliphatic carbocycles. The summed E-state index contributed by atoms with van der Waals surface area (Å²) in [6, 6.07) is 2.00. The Morgan fingerprint density at radius 1 is 1.62 bits per heavy atom. The van der Waals surface area contributed by atoms with Gasteiger partial charge in [0.1, 0.15) is 0 Å². The molecule has 1 rings (SSSR count). The molecule has 1 aromatic heterocycles. The lowest BCUT2D eigenvalue weighted by Crippen LogP contribution is -2.19. The van der Waals surface area contributed by atoms with Crippen LogP contribution in [0.25, 0.3) is 0 Å². The molecule has 90 valence electrons. The number of hydrogen-bond donors (Lipinski definition) is 1. The molecule has 0 bridgehead atoms. The highest BCUT2D eigenvalue weighted by Gasteiger charge is 2.06. The summed E-state index contributed by atoms with van der Waals surface area (Å²) in [6.07, 6.45) is 0. The maximum Gasteiger partial charge on any atom is 0.151 e. The van der Waals surface area contributed by atoms with Crippen molar-refractivity contribution < 1.29 is 4.52 Å². The topological polar surface area (TPSA) is 41.3 Å². The van der Waals surface area contributed by atoms with Crippen molar-refractivity contribution in [1.29, 1.82) is 0 Å². The number of nitrogens with one attached hydrogen (secondary N) is 1. The highest BCUT2D eigenvalue weighted by atomic mass is 16.5. The summed E-state index contributed by atoms with van der Waals surface area (Å²) in [5.74, 6) is 0.900. The summed E-state index contributed by atoms with van der Waals surface area (Å²) in [4.78, 5) is 2.15. The number of likely N-dealkylation sites (N-methyl/N-ethyl adjacent to an activating group) is 1. The first-order chi connectivity index (χ1) is 7.61. The lowest BCUT2D eigenvalue weighted by molar-refractivity contribution is 0.286. The third-order valence-electron chi connectivity index (χ3n) is 2.13. The normalized spacial score (nSPS) is 11.0. The Morgan fingerprint density at radius 3 is 3.00 bits per heavy atom. The van der Waals surface area contributed by atoms with E-state index in [1.807, 2.05) is 20.0 Å². The lowest BCUT2D eigenvalue weighted by Gasteiger charge is -2.13. The van der Waals surface area contributed by atoms with Gasteiger partial charge in [-0.1, -0.05) is 24.2 Å². The SMILES string of the molecule is C=C(C)CN(C)Cc1cc(CNCC)no1. The average Bonchev–Trinajstić information content (AvgIpc) is 2.61. The van der Waals surface area contributed by atoms with E-state index in [4.69, 9.17) is 4.52 Å². The van der Waals surface area contributed by atoms with Gasteiger partial charge in [-0.2, -0.15) is 0 Å². The quantitative estimate of drug-likeness (QED) is 0.716. The summed E-state index contributed by atoms with van der Waals surface area (Å²) < 4.78 is 5.25. The van der Waals surface area contributed by atoms with Gasteiger partial charge < -0.3 is 9.84 Å². The van der Waals surface area contributed by atoms with E-state index in [1.165, 1.54) is 0 Å².